The zero-order valence-electron chi connectivity index (χ0n) is 15.6. The zero-order valence-corrected chi connectivity index (χ0v) is 15.6. The Morgan fingerprint density at radius 3 is 2.30 bits per heavy atom. The van der Waals surface area contributed by atoms with Gasteiger partial charge in [-0.1, -0.05) is 42.5 Å². The van der Waals surface area contributed by atoms with Crippen molar-refractivity contribution in [1.82, 2.24) is 14.8 Å². The summed E-state index contributed by atoms with van der Waals surface area (Å²) in [7, 11) is 3.39. The summed E-state index contributed by atoms with van der Waals surface area (Å²) in [4.78, 5) is 26.2. The van der Waals surface area contributed by atoms with Crippen molar-refractivity contribution in [2.24, 2.45) is 0 Å². The molecule has 138 valence electrons. The van der Waals surface area contributed by atoms with Crippen LogP contribution >= 0.6 is 0 Å². The van der Waals surface area contributed by atoms with Crippen molar-refractivity contribution < 1.29 is 9.59 Å². The molecular formula is C22H23N3O2. The molecule has 0 bridgehead atoms. The summed E-state index contributed by atoms with van der Waals surface area (Å²) in [6.07, 6.45) is 1.92. The van der Waals surface area contributed by atoms with Gasteiger partial charge in [-0.2, -0.15) is 0 Å². The molecule has 1 aromatic heterocycles. The fraction of sp³-hybridized carbons (Fsp3) is 0.182. The number of aromatic nitrogens is 1. The van der Waals surface area contributed by atoms with Crippen LogP contribution in [0.25, 0.3) is 0 Å². The van der Waals surface area contributed by atoms with Crippen molar-refractivity contribution in [2.45, 2.75) is 13.1 Å². The van der Waals surface area contributed by atoms with Crippen molar-refractivity contribution in [2.75, 3.05) is 14.1 Å². The number of nitrogens with zero attached hydrogens (tertiary/aromatic N) is 2. The summed E-state index contributed by atoms with van der Waals surface area (Å²) < 4.78 is 1.96. The van der Waals surface area contributed by atoms with Gasteiger partial charge in [0.25, 0.3) is 11.8 Å². The van der Waals surface area contributed by atoms with Crippen LogP contribution in [0.15, 0.2) is 72.9 Å². The summed E-state index contributed by atoms with van der Waals surface area (Å²) in [5.74, 6) is -0.156. The second kappa shape index (κ2) is 8.36. The number of hydrogen-bond donors (Lipinski definition) is 1. The van der Waals surface area contributed by atoms with E-state index in [1.54, 1.807) is 31.1 Å². The van der Waals surface area contributed by atoms with Crippen LogP contribution in [-0.4, -0.2) is 35.4 Å². The van der Waals surface area contributed by atoms with Gasteiger partial charge in [-0.05, 0) is 35.4 Å². The summed E-state index contributed by atoms with van der Waals surface area (Å²) in [5, 5.41) is 2.60. The Balaban J connectivity index is 1.69. The molecule has 2 amide bonds. The Morgan fingerprint density at radius 2 is 1.63 bits per heavy atom. The molecule has 0 aliphatic heterocycles. The van der Waals surface area contributed by atoms with E-state index >= 15 is 0 Å². The number of carbonyl (C=O) groups is 2. The molecule has 0 saturated heterocycles. The maximum Gasteiger partial charge on any atom is 0.270 e. The van der Waals surface area contributed by atoms with Crippen LogP contribution in [0.2, 0.25) is 0 Å². The first-order valence-electron chi connectivity index (χ1n) is 8.84. The van der Waals surface area contributed by atoms with E-state index < -0.39 is 0 Å². The van der Waals surface area contributed by atoms with Crippen molar-refractivity contribution >= 4 is 11.8 Å². The SMILES string of the molecule is CNC(=O)c1ccc(CN(C)C(=O)c2cccn2Cc2ccccc2)cc1. The van der Waals surface area contributed by atoms with Gasteiger partial charge in [0.1, 0.15) is 5.69 Å². The lowest BCUT2D eigenvalue weighted by Gasteiger charge is -2.19. The van der Waals surface area contributed by atoms with Gasteiger partial charge in [-0.15, -0.1) is 0 Å². The summed E-state index contributed by atoms with van der Waals surface area (Å²) in [5.41, 5.74) is 3.38. The van der Waals surface area contributed by atoms with Crippen LogP contribution in [-0.2, 0) is 13.1 Å². The fourth-order valence-electron chi connectivity index (χ4n) is 2.97. The number of hydrogen-bond acceptors (Lipinski definition) is 2. The fourth-order valence-corrected chi connectivity index (χ4v) is 2.97. The van der Waals surface area contributed by atoms with Crippen LogP contribution in [0.5, 0.6) is 0 Å². The van der Waals surface area contributed by atoms with Gasteiger partial charge in [0, 0.05) is 38.9 Å². The van der Waals surface area contributed by atoms with E-state index in [9.17, 15) is 9.59 Å². The summed E-state index contributed by atoms with van der Waals surface area (Å²) in [6.45, 7) is 1.13. The van der Waals surface area contributed by atoms with E-state index in [1.807, 2.05) is 65.4 Å². The molecule has 5 heteroatoms. The molecule has 3 aromatic rings. The molecule has 0 atom stereocenters. The molecule has 27 heavy (non-hydrogen) atoms. The van der Waals surface area contributed by atoms with Crippen LogP contribution in [0.1, 0.15) is 32.0 Å². The maximum absolute atomic E-state index is 12.9. The lowest BCUT2D eigenvalue weighted by Crippen LogP contribution is -2.28. The molecule has 2 aromatic carbocycles. The molecule has 5 nitrogen and oxygen atoms in total. The first-order chi connectivity index (χ1) is 13.1. The Kier molecular flexibility index (Phi) is 5.71. The Labute approximate surface area is 159 Å². The average molecular weight is 361 g/mol. The molecule has 0 aliphatic rings. The van der Waals surface area contributed by atoms with Crippen molar-refractivity contribution in [1.29, 1.82) is 0 Å². The second-order valence-electron chi connectivity index (χ2n) is 6.44. The molecule has 3 rings (SSSR count). The normalized spacial score (nSPS) is 10.4. The zero-order chi connectivity index (χ0) is 19.2. The number of rotatable bonds is 6. The molecule has 0 saturated carbocycles. The standard InChI is InChI=1S/C22H23N3O2/c1-23-21(26)19-12-10-18(11-13-19)15-24(2)22(27)20-9-6-14-25(20)16-17-7-4-3-5-8-17/h3-14H,15-16H2,1-2H3,(H,23,26). The summed E-state index contributed by atoms with van der Waals surface area (Å²) >= 11 is 0. The van der Waals surface area contributed by atoms with Gasteiger partial charge < -0.3 is 14.8 Å². The average Bonchev–Trinajstić information content (AvgIpc) is 3.16. The van der Waals surface area contributed by atoms with Crippen molar-refractivity contribution in [3.05, 3.63) is 95.3 Å². The smallest absolute Gasteiger partial charge is 0.270 e. The molecular weight excluding hydrogens is 338 g/mol. The van der Waals surface area contributed by atoms with Crippen LogP contribution < -0.4 is 5.32 Å². The minimum absolute atomic E-state index is 0.0358. The van der Waals surface area contributed by atoms with Gasteiger partial charge in [0.15, 0.2) is 0 Å². The highest BCUT2D eigenvalue weighted by atomic mass is 16.2. The van der Waals surface area contributed by atoms with Crippen LogP contribution in [0.3, 0.4) is 0 Å². The molecule has 0 aliphatic carbocycles. The van der Waals surface area contributed by atoms with E-state index in [0.717, 1.165) is 11.1 Å². The Hall–Kier alpha value is -3.34. The van der Waals surface area contributed by atoms with E-state index in [1.165, 1.54) is 0 Å². The van der Waals surface area contributed by atoms with Gasteiger partial charge in [-0.3, -0.25) is 9.59 Å². The third kappa shape index (κ3) is 4.44. The number of amides is 2. The first-order valence-corrected chi connectivity index (χ1v) is 8.84. The third-order valence-corrected chi connectivity index (χ3v) is 4.45. The lowest BCUT2D eigenvalue weighted by molar-refractivity contribution is 0.0774. The van der Waals surface area contributed by atoms with E-state index in [4.69, 9.17) is 0 Å². The third-order valence-electron chi connectivity index (χ3n) is 4.45. The largest absolute Gasteiger partial charge is 0.355 e. The van der Waals surface area contributed by atoms with E-state index in [-0.39, 0.29) is 11.8 Å². The highest BCUT2D eigenvalue weighted by Crippen LogP contribution is 2.13. The van der Waals surface area contributed by atoms with Crippen LogP contribution in [0, 0.1) is 0 Å². The minimum atomic E-state index is -0.121. The van der Waals surface area contributed by atoms with Crippen molar-refractivity contribution in [3.8, 4) is 0 Å². The maximum atomic E-state index is 12.9. The second-order valence-corrected chi connectivity index (χ2v) is 6.44. The first kappa shape index (κ1) is 18.5. The Morgan fingerprint density at radius 1 is 0.926 bits per heavy atom. The molecule has 1 heterocycles. The molecule has 1 N–H and O–H groups in total. The molecule has 0 spiro atoms. The van der Waals surface area contributed by atoms with Gasteiger partial charge in [-0.25, -0.2) is 0 Å². The molecule has 0 unspecified atom stereocenters. The monoisotopic (exact) mass is 361 g/mol. The lowest BCUT2D eigenvalue weighted by atomic mass is 10.1. The number of benzene rings is 2. The topological polar surface area (TPSA) is 54.3 Å². The van der Waals surface area contributed by atoms with Crippen LogP contribution in [0.4, 0.5) is 0 Å². The molecule has 0 radical (unpaired) electrons. The van der Waals surface area contributed by atoms with Gasteiger partial charge >= 0.3 is 0 Å². The molecule has 0 fully saturated rings. The van der Waals surface area contributed by atoms with E-state index in [0.29, 0.717) is 24.3 Å². The van der Waals surface area contributed by atoms with Gasteiger partial charge in [0.2, 0.25) is 0 Å². The van der Waals surface area contributed by atoms with Crippen molar-refractivity contribution in [3.63, 3.8) is 0 Å². The van der Waals surface area contributed by atoms with Gasteiger partial charge in [0.05, 0.1) is 0 Å². The highest BCUT2D eigenvalue weighted by Gasteiger charge is 2.16. The predicted octanol–water partition coefficient (Wildman–Crippen LogP) is 3.17. The van der Waals surface area contributed by atoms with E-state index in [2.05, 4.69) is 5.32 Å². The Bertz CT molecular complexity index is 914. The predicted molar refractivity (Wildman–Crippen MR) is 106 cm³/mol. The number of nitrogens with one attached hydrogen (secondary N) is 1. The highest BCUT2D eigenvalue weighted by molar-refractivity contribution is 5.94. The summed E-state index contributed by atoms with van der Waals surface area (Å²) in [6, 6.07) is 21.1. The minimum Gasteiger partial charge on any atom is -0.355 e. The quantitative estimate of drug-likeness (QED) is 0.733. The number of carbonyl (C=O) groups excluding carboxylic acids is 2.